The average Bonchev–Trinajstić information content (AvgIpc) is 2.90. The van der Waals surface area contributed by atoms with Crippen LogP contribution in [0, 0.1) is 0 Å². The SMILES string of the molecule is C=O.C=O.CC.CCCC[C@@H](CNc1ccc(Cl)c(Cl)c1)NC(=O)COc1ccc(NC)cc1. The lowest BCUT2D eigenvalue weighted by Crippen LogP contribution is -2.42. The van der Waals surface area contributed by atoms with Crippen molar-refractivity contribution in [2.45, 2.75) is 46.1 Å². The van der Waals surface area contributed by atoms with Gasteiger partial charge in [-0.3, -0.25) is 4.79 Å². The number of hydrogen-bond acceptors (Lipinski definition) is 6. The van der Waals surface area contributed by atoms with Crippen LogP contribution in [0.1, 0.15) is 40.0 Å². The van der Waals surface area contributed by atoms with Crippen LogP contribution in [0.4, 0.5) is 11.4 Å². The van der Waals surface area contributed by atoms with Crippen molar-refractivity contribution < 1.29 is 19.1 Å². The molecule has 34 heavy (non-hydrogen) atoms. The maximum absolute atomic E-state index is 12.3. The highest BCUT2D eigenvalue weighted by atomic mass is 35.5. The van der Waals surface area contributed by atoms with E-state index in [0.29, 0.717) is 22.3 Å². The number of carbonyl (C=O) groups is 3. The normalized spacial score (nSPS) is 9.94. The molecule has 0 aliphatic heterocycles. The van der Waals surface area contributed by atoms with Gasteiger partial charge in [-0.05, 0) is 48.9 Å². The van der Waals surface area contributed by atoms with E-state index in [1.54, 1.807) is 12.1 Å². The van der Waals surface area contributed by atoms with E-state index in [1.165, 1.54) is 0 Å². The molecular weight excluding hydrogens is 477 g/mol. The summed E-state index contributed by atoms with van der Waals surface area (Å²) in [5.41, 5.74) is 1.86. The first-order chi connectivity index (χ1) is 16.5. The molecule has 0 aromatic heterocycles. The molecule has 0 fully saturated rings. The molecule has 2 aromatic rings. The summed E-state index contributed by atoms with van der Waals surface area (Å²) in [6.07, 6.45) is 2.97. The first kappa shape index (κ1) is 33.4. The minimum absolute atomic E-state index is 0.00262. The molecule has 0 saturated heterocycles. The minimum atomic E-state index is -0.144. The number of amides is 1. The summed E-state index contributed by atoms with van der Waals surface area (Å²) in [5.74, 6) is 0.517. The van der Waals surface area contributed by atoms with Gasteiger partial charge in [0.25, 0.3) is 5.91 Å². The Kier molecular flexibility index (Phi) is 21.7. The van der Waals surface area contributed by atoms with E-state index >= 15 is 0 Å². The zero-order valence-electron chi connectivity index (χ0n) is 20.5. The molecule has 1 amide bonds. The van der Waals surface area contributed by atoms with Crippen molar-refractivity contribution in [1.82, 2.24) is 5.32 Å². The molecule has 0 radical (unpaired) electrons. The second kappa shape index (κ2) is 22.0. The lowest BCUT2D eigenvalue weighted by atomic mass is 10.1. The van der Waals surface area contributed by atoms with Crippen LogP contribution in [-0.2, 0) is 14.4 Å². The Morgan fingerprint density at radius 3 is 2.09 bits per heavy atom. The van der Waals surface area contributed by atoms with Crippen LogP contribution < -0.4 is 20.7 Å². The third kappa shape index (κ3) is 14.4. The van der Waals surface area contributed by atoms with Crippen LogP contribution in [0.5, 0.6) is 5.75 Å². The van der Waals surface area contributed by atoms with E-state index in [-0.39, 0.29) is 18.6 Å². The van der Waals surface area contributed by atoms with Crippen LogP contribution in [0.25, 0.3) is 0 Å². The summed E-state index contributed by atoms with van der Waals surface area (Å²) >= 11 is 12.0. The Hall–Kier alpha value is -2.77. The van der Waals surface area contributed by atoms with Crippen molar-refractivity contribution in [3.63, 3.8) is 0 Å². The Balaban J connectivity index is 0. The smallest absolute Gasteiger partial charge is 0.258 e. The monoisotopic (exact) mass is 513 g/mol. The second-order valence-electron chi connectivity index (χ2n) is 6.48. The topological polar surface area (TPSA) is 96.5 Å². The maximum atomic E-state index is 12.3. The van der Waals surface area contributed by atoms with Gasteiger partial charge < -0.3 is 30.3 Å². The molecule has 9 heteroatoms. The molecule has 0 aliphatic carbocycles. The van der Waals surface area contributed by atoms with Gasteiger partial charge in [-0.1, -0.05) is 56.8 Å². The number of carbonyl (C=O) groups excluding carboxylic acids is 3. The summed E-state index contributed by atoms with van der Waals surface area (Å²) in [5, 5.41) is 10.4. The van der Waals surface area contributed by atoms with Crippen molar-refractivity contribution in [2.24, 2.45) is 0 Å². The summed E-state index contributed by atoms with van der Waals surface area (Å²) < 4.78 is 5.57. The van der Waals surface area contributed by atoms with Crippen LogP contribution in [-0.4, -0.2) is 45.7 Å². The van der Waals surface area contributed by atoms with E-state index in [2.05, 4.69) is 22.9 Å². The highest BCUT2D eigenvalue weighted by Crippen LogP contribution is 2.25. The van der Waals surface area contributed by atoms with Crippen LogP contribution in [0.3, 0.4) is 0 Å². The van der Waals surface area contributed by atoms with Crippen molar-refractivity contribution in [3.05, 3.63) is 52.5 Å². The van der Waals surface area contributed by atoms with Crippen molar-refractivity contribution in [1.29, 1.82) is 0 Å². The molecule has 0 heterocycles. The number of anilines is 2. The molecule has 2 aromatic carbocycles. The summed E-state index contributed by atoms with van der Waals surface area (Å²) in [4.78, 5) is 28.3. The second-order valence-corrected chi connectivity index (χ2v) is 7.29. The average molecular weight is 514 g/mol. The quantitative estimate of drug-likeness (QED) is 0.348. The summed E-state index contributed by atoms with van der Waals surface area (Å²) in [6, 6.07) is 12.9. The first-order valence-corrected chi connectivity index (χ1v) is 11.7. The van der Waals surface area contributed by atoms with Crippen molar-refractivity contribution in [2.75, 3.05) is 30.8 Å². The van der Waals surface area contributed by atoms with Gasteiger partial charge in [0.05, 0.1) is 10.0 Å². The molecule has 0 bridgehead atoms. The lowest BCUT2D eigenvalue weighted by Gasteiger charge is -2.20. The molecule has 0 aliphatic rings. The number of hydrogen-bond donors (Lipinski definition) is 3. The van der Waals surface area contributed by atoms with Gasteiger partial charge in [0.15, 0.2) is 6.61 Å². The Labute approximate surface area is 213 Å². The molecule has 7 nitrogen and oxygen atoms in total. The Morgan fingerprint density at radius 2 is 1.56 bits per heavy atom. The lowest BCUT2D eigenvalue weighted by molar-refractivity contribution is -0.123. The summed E-state index contributed by atoms with van der Waals surface area (Å²) in [6.45, 7) is 10.7. The van der Waals surface area contributed by atoms with E-state index in [4.69, 9.17) is 37.5 Å². The standard InChI is InChI=1S/C21H27Cl2N3O2.C2H6.2CH2O/c1-3-4-5-17(13-25-16-8-11-19(22)20(23)12-16)26-21(27)14-28-18-9-6-15(24-2)7-10-18;3*1-2/h6-12,17,24-25H,3-5,13-14H2,1-2H3,(H,26,27);1-2H3;2*1H2/t17-;;;/m0.../s1. The largest absolute Gasteiger partial charge is 0.484 e. The van der Waals surface area contributed by atoms with Crippen LogP contribution >= 0.6 is 23.2 Å². The fourth-order valence-corrected chi connectivity index (χ4v) is 2.96. The van der Waals surface area contributed by atoms with Gasteiger partial charge in [-0.2, -0.15) is 0 Å². The highest BCUT2D eigenvalue weighted by molar-refractivity contribution is 6.42. The zero-order valence-corrected chi connectivity index (χ0v) is 22.0. The van der Waals surface area contributed by atoms with Crippen molar-refractivity contribution >= 4 is 54.1 Å². The van der Waals surface area contributed by atoms with E-state index in [9.17, 15) is 4.79 Å². The summed E-state index contributed by atoms with van der Waals surface area (Å²) in [7, 11) is 1.85. The number of unbranched alkanes of at least 4 members (excludes halogenated alkanes) is 1. The predicted octanol–water partition coefficient (Wildman–Crippen LogP) is 5.86. The third-order valence-corrected chi connectivity index (χ3v) is 5.00. The van der Waals surface area contributed by atoms with Gasteiger partial charge in [0, 0.05) is 31.0 Å². The fourth-order valence-electron chi connectivity index (χ4n) is 2.66. The molecule has 0 saturated carbocycles. The number of ether oxygens (including phenoxy) is 1. The highest BCUT2D eigenvalue weighted by Gasteiger charge is 2.13. The van der Waals surface area contributed by atoms with Crippen LogP contribution in [0.2, 0.25) is 10.0 Å². The van der Waals surface area contributed by atoms with Gasteiger partial charge in [0.1, 0.15) is 19.3 Å². The van der Waals surface area contributed by atoms with Crippen LogP contribution in [0.15, 0.2) is 42.5 Å². The molecular formula is C25H37Cl2N3O4. The minimum Gasteiger partial charge on any atom is -0.484 e. The van der Waals surface area contributed by atoms with E-state index in [1.807, 2.05) is 64.8 Å². The van der Waals surface area contributed by atoms with Gasteiger partial charge >= 0.3 is 0 Å². The number of benzene rings is 2. The van der Waals surface area contributed by atoms with Gasteiger partial charge in [-0.15, -0.1) is 0 Å². The number of nitrogens with one attached hydrogen (secondary N) is 3. The number of rotatable bonds is 11. The van der Waals surface area contributed by atoms with Gasteiger partial charge in [0.2, 0.25) is 0 Å². The molecule has 3 N–H and O–H groups in total. The number of halogens is 2. The maximum Gasteiger partial charge on any atom is 0.258 e. The predicted molar refractivity (Wildman–Crippen MR) is 143 cm³/mol. The molecule has 1 atom stereocenters. The van der Waals surface area contributed by atoms with Crippen molar-refractivity contribution in [3.8, 4) is 5.75 Å². The van der Waals surface area contributed by atoms with E-state index < -0.39 is 0 Å². The molecule has 2 rings (SSSR count). The fraction of sp³-hybridized carbons (Fsp3) is 0.400. The zero-order chi connectivity index (χ0) is 26.4. The first-order valence-electron chi connectivity index (χ1n) is 11.0. The van der Waals surface area contributed by atoms with Gasteiger partial charge in [-0.25, -0.2) is 0 Å². The Morgan fingerprint density at radius 1 is 0.971 bits per heavy atom. The molecule has 190 valence electrons. The Bertz CT molecular complexity index is 790. The van der Waals surface area contributed by atoms with E-state index in [0.717, 1.165) is 30.6 Å². The molecule has 0 spiro atoms. The third-order valence-electron chi connectivity index (χ3n) is 4.26. The molecule has 0 unspecified atom stereocenters.